The van der Waals surface area contributed by atoms with Crippen LogP contribution in [0, 0.1) is 0 Å². The average molecular weight is 757 g/mol. The van der Waals surface area contributed by atoms with Crippen molar-refractivity contribution in [2.75, 3.05) is 16.5 Å². The van der Waals surface area contributed by atoms with Crippen molar-refractivity contribution in [3.8, 4) is 11.4 Å². The van der Waals surface area contributed by atoms with Crippen molar-refractivity contribution in [1.29, 1.82) is 0 Å². The summed E-state index contributed by atoms with van der Waals surface area (Å²) in [6, 6.07) is 12.9. The molecule has 4 heterocycles. The van der Waals surface area contributed by atoms with Crippen molar-refractivity contribution in [1.82, 2.24) is 29.7 Å². The molecule has 6 rings (SSSR count). The highest BCUT2D eigenvalue weighted by molar-refractivity contribution is 7.85. The molecule has 1 fully saturated rings. The second-order valence-electron chi connectivity index (χ2n) is 15.4. The molecule has 0 unspecified atom stereocenters. The van der Waals surface area contributed by atoms with E-state index < -0.39 is 16.1 Å². The summed E-state index contributed by atoms with van der Waals surface area (Å²) in [6.45, 7) is 14.8. The first-order valence-electron chi connectivity index (χ1n) is 18.6. The van der Waals surface area contributed by atoms with Gasteiger partial charge in [-0.3, -0.25) is 13.9 Å². The molecule has 2 amide bonds. The van der Waals surface area contributed by atoms with Crippen LogP contribution in [-0.4, -0.2) is 69.3 Å². The molecule has 4 aromatic rings. The highest BCUT2D eigenvalue weighted by Crippen LogP contribution is 2.30. The van der Waals surface area contributed by atoms with Crippen LogP contribution < -0.4 is 20.3 Å². The molecule has 288 valence electrons. The van der Waals surface area contributed by atoms with Crippen molar-refractivity contribution >= 4 is 33.6 Å². The largest absolute Gasteiger partial charge is 0.489 e. The van der Waals surface area contributed by atoms with Gasteiger partial charge in [0.15, 0.2) is 5.65 Å². The molecule has 4 atom stereocenters. The molecule has 1 saturated heterocycles. The second kappa shape index (κ2) is 16.2. The third-order valence-electron chi connectivity index (χ3n) is 9.89. The van der Waals surface area contributed by atoms with Crippen molar-refractivity contribution in [3.63, 3.8) is 0 Å². The number of urea groups is 1. The van der Waals surface area contributed by atoms with Crippen LogP contribution in [0.15, 0.2) is 85.1 Å². The number of benzene rings is 1. The number of allylic oxidation sites excluding steroid dienone is 2. The van der Waals surface area contributed by atoms with E-state index in [4.69, 9.17) is 14.0 Å². The summed E-state index contributed by atoms with van der Waals surface area (Å²) in [6.07, 6.45) is 16.1. The maximum absolute atomic E-state index is 13.7. The Morgan fingerprint density at radius 3 is 2.54 bits per heavy atom. The maximum atomic E-state index is 13.7. The number of fused-ring (bicyclic) bond motifs is 1. The lowest BCUT2D eigenvalue weighted by Gasteiger charge is -2.39. The van der Waals surface area contributed by atoms with Gasteiger partial charge in [0.05, 0.1) is 36.5 Å². The quantitative estimate of drug-likeness (QED) is 0.169. The smallest absolute Gasteiger partial charge is 0.320 e. The van der Waals surface area contributed by atoms with Gasteiger partial charge in [0, 0.05) is 30.0 Å². The summed E-state index contributed by atoms with van der Waals surface area (Å²) in [5.74, 6) is 2.02. The van der Waals surface area contributed by atoms with Gasteiger partial charge in [-0.2, -0.15) is 13.5 Å². The molecule has 1 aromatic carbocycles. The van der Waals surface area contributed by atoms with Crippen LogP contribution in [0.5, 0.6) is 5.75 Å². The second-order valence-corrected chi connectivity index (χ2v) is 17.1. The molecule has 54 heavy (non-hydrogen) atoms. The monoisotopic (exact) mass is 756 g/mol. The van der Waals surface area contributed by atoms with Crippen LogP contribution >= 0.6 is 0 Å². The van der Waals surface area contributed by atoms with E-state index in [0.717, 1.165) is 47.7 Å². The molecular formula is C40H52N8O5S. The van der Waals surface area contributed by atoms with Gasteiger partial charge < -0.3 is 15.0 Å². The molecule has 0 saturated carbocycles. The lowest BCUT2D eigenvalue weighted by molar-refractivity contribution is 0.186. The molecule has 0 spiro atoms. The van der Waals surface area contributed by atoms with E-state index in [0.29, 0.717) is 48.4 Å². The Balaban J connectivity index is 1.17. The predicted octanol–water partition coefficient (Wildman–Crippen LogP) is 7.25. The van der Waals surface area contributed by atoms with Gasteiger partial charge in [0.1, 0.15) is 17.7 Å². The number of aromatic nitrogens is 5. The van der Waals surface area contributed by atoms with E-state index in [1.54, 1.807) is 22.9 Å². The summed E-state index contributed by atoms with van der Waals surface area (Å²) in [5, 5.41) is 20.0. The molecule has 13 nitrogen and oxygen atoms in total. The summed E-state index contributed by atoms with van der Waals surface area (Å²) < 4.78 is 38.5. The average Bonchev–Trinajstić information content (AvgIpc) is 3.73. The van der Waals surface area contributed by atoms with Crippen molar-refractivity contribution in [2.45, 2.75) is 109 Å². The number of piperidine rings is 1. The Bertz CT molecular complexity index is 2140. The summed E-state index contributed by atoms with van der Waals surface area (Å²) in [7, 11) is -3.62. The number of nitrogens with zero attached hydrogens (tertiary/aromatic N) is 6. The van der Waals surface area contributed by atoms with Gasteiger partial charge in [-0.1, -0.05) is 63.8 Å². The van der Waals surface area contributed by atoms with Crippen molar-refractivity contribution in [2.24, 2.45) is 0 Å². The van der Waals surface area contributed by atoms with Crippen LogP contribution in [0.3, 0.4) is 0 Å². The van der Waals surface area contributed by atoms with Gasteiger partial charge in [-0.15, -0.1) is 10.2 Å². The molecule has 0 radical (unpaired) electrons. The van der Waals surface area contributed by atoms with E-state index >= 15 is 0 Å². The number of hydrogen-bond acceptors (Lipinski definition) is 9. The Morgan fingerprint density at radius 1 is 1.02 bits per heavy atom. The minimum absolute atomic E-state index is 0.117. The molecular weight excluding hydrogens is 705 g/mol. The number of hydrogen-bond donors (Lipinski definition) is 2. The molecule has 0 bridgehead atoms. The van der Waals surface area contributed by atoms with E-state index in [9.17, 15) is 13.2 Å². The summed E-state index contributed by atoms with van der Waals surface area (Å²) >= 11 is 0. The van der Waals surface area contributed by atoms with Gasteiger partial charge in [0.2, 0.25) is 5.95 Å². The summed E-state index contributed by atoms with van der Waals surface area (Å²) in [4.78, 5) is 16.1. The number of nitrogens with one attached hydrogen (secondary N) is 2. The number of pyridine rings is 1. The number of carbonyl (C=O) groups is 1. The Hall–Kier alpha value is -4.95. The number of rotatable bonds is 9. The first-order chi connectivity index (χ1) is 25.6. The highest BCUT2D eigenvalue weighted by Gasteiger charge is 2.29. The molecule has 14 heteroatoms. The lowest BCUT2D eigenvalue weighted by Crippen LogP contribution is -2.44. The third kappa shape index (κ3) is 9.58. The molecule has 2 aliphatic rings. The van der Waals surface area contributed by atoms with E-state index in [-0.39, 0.29) is 24.2 Å². The Morgan fingerprint density at radius 2 is 1.80 bits per heavy atom. The van der Waals surface area contributed by atoms with Crippen LogP contribution in [0.25, 0.3) is 11.3 Å². The zero-order valence-electron chi connectivity index (χ0n) is 32.0. The van der Waals surface area contributed by atoms with Gasteiger partial charge in [-0.25, -0.2) is 9.48 Å². The fourth-order valence-corrected chi connectivity index (χ4v) is 7.29. The minimum atomic E-state index is -3.62. The normalized spacial score (nSPS) is 22.5. The molecule has 3 aromatic heterocycles. The van der Waals surface area contributed by atoms with Crippen LogP contribution in [0.2, 0.25) is 0 Å². The SMILES string of the molecule is C=C1/C=C\C=C/C[C@H](Oc2ccc3nnc(N4[C@H](C)CCC[C@@H]4C)n3c2)CC[C@@H]1NC(=O)Nc1cc(C(C)(C)C)nn1-c1cccc(COS(C)(=O)=O)c1. The molecule has 1 aliphatic heterocycles. The van der Waals surface area contributed by atoms with Crippen molar-refractivity contribution < 1.29 is 22.1 Å². The fraction of sp³-hybridized carbons (Fsp3) is 0.450. The Labute approximate surface area is 318 Å². The van der Waals surface area contributed by atoms with Crippen LogP contribution in [-0.2, 0) is 26.3 Å². The Kier molecular flexibility index (Phi) is 11.6. The third-order valence-corrected chi connectivity index (χ3v) is 10.4. The molecule has 1 aliphatic carbocycles. The first-order valence-corrected chi connectivity index (χ1v) is 20.4. The molecule has 2 N–H and O–H groups in total. The van der Waals surface area contributed by atoms with Crippen LogP contribution in [0.1, 0.15) is 84.4 Å². The zero-order chi connectivity index (χ0) is 38.6. The van der Waals surface area contributed by atoms with Gasteiger partial charge >= 0.3 is 6.03 Å². The van der Waals surface area contributed by atoms with Crippen molar-refractivity contribution in [3.05, 3.63) is 96.4 Å². The maximum Gasteiger partial charge on any atom is 0.320 e. The topological polar surface area (TPSA) is 145 Å². The van der Waals surface area contributed by atoms with Crippen LogP contribution in [0.4, 0.5) is 16.6 Å². The summed E-state index contributed by atoms with van der Waals surface area (Å²) in [5.41, 5.74) is 3.28. The minimum Gasteiger partial charge on any atom is -0.489 e. The highest BCUT2D eigenvalue weighted by atomic mass is 32.2. The number of anilines is 2. The number of ether oxygens (including phenoxy) is 1. The fourth-order valence-electron chi connectivity index (χ4n) is 6.94. The number of amides is 2. The lowest BCUT2D eigenvalue weighted by atomic mass is 9.92. The van der Waals surface area contributed by atoms with E-state index in [1.807, 2.05) is 73.9 Å². The van der Waals surface area contributed by atoms with E-state index in [1.165, 1.54) is 6.42 Å². The standard InChI is InChI=1S/C40H52N8O5S/c1-27-13-9-8-10-18-32(53-33-20-22-36-43-44-39(46(36)25-33)47-28(2)14-11-15-29(47)3)19-21-34(27)41-38(49)42-37-24-35(40(4,5)6)45-48(37)31-17-12-16-30(23-31)26-52-54(7,50)51/h8-10,12-13,16-17,20,22-25,28-29,32,34H,1,11,14-15,18-19,21,26H2,2-7H3,(H2,41,42,49)/b10-8-,13-9-/t28-,29+,32-,34-/m0/s1. The number of carbonyl (C=O) groups excluding carboxylic acids is 1. The van der Waals surface area contributed by atoms with E-state index in [2.05, 4.69) is 52.2 Å². The van der Waals surface area contributed by atoms with Gasteiger partial charge in [0.25, 0.3) is 10.1 Å². The van der Waals surface area contributed by atoms with Gasteiger partial charge in [-0.05, 0) is 81.4 Å². The first kappa shape index (κ1) is 38.8. The predicted molar refractivity (Wildman–Crippen MR) is 212 cm³/mol. The zero-order valence-corrected chi connectivity index (χ0v) is 32.8.